The van der Waals surface area contributed by atoms with Gasteiger partial charge in [-0.1, -0.05) is 18.2 Å². The van der Waals surface area contributed by atoms with E-state index in [0.717, 1.165) is 10.9 Å². The monoisotopic (exact) mass is 466 g/mol. The number of amides is 3. The summed E-state index contributed by atoms with van der Waals surface area (Å²) < 4.78 is 17.9. The SMILES string of the molecule is COc1cc(N2CC(C(=O)NNC(=O)c3cn(C)c4ccccc34)CC2=O)cc(OC)c1OC. The number of ether oxygens (including phenoxy) is 3. The molecule has 2 aromatic carbocycles. The van der Waals surface area contributed by atoms with Crippen molar-refractivity contribution in [3.05, 3.63) is 48.2 Å². The normalized spacial score (nSPS) is 15.4. The van der Waals surface area contributed by atoms with Crippen LogP contribution in [0.3, 0.4) is 0 Å². The van der Waals surface area contributed by atoms with Gasteiger partial charge in [0.15, 0.2) is 11.5 Å². The van der Waals surface area contributed by atoms with E-state index in [1.807, 2.05) is 35.9 Å². The summed E-state index contributed by atoms with van der Waals surface area (Å²) in [6.07, 6.45) is 1.71. The number of anilines is 1. The summed E-state index contributed by atoms with van der Waals surface area (Å²) >= 11 is 0. The van der Waals surface area contributed by atoms with Crippen molar-refractivity contribution in [2.24, 2.45) is 13.0 Å². The van der Waals surface area contributed by atoms with E-state index in [2.05, 4.69) is 10.9 Å². The predicted molar refractivity (Wildman–Crippen MR) is 125 cm³/mol. The molecule has 10 heteroatoms. The zero-order valence-electron chi connectivity index (χ0n) is 19.4. The molecule has 1 aliphatic rings. The number of fused-ring (bicyclic) bond motifs is 1. The summed E-state index contributed by atoms with van der Waals surface area (Å²) in [6.45, 7) is 0.146. The maximum Gasteiger partial charge on any atom is 0.271 e. The number of aryl methyl sites for hydroxylation is 1. The first kappa shape index (κ1) is 23.0. The average Bonchev–Trinajstić information content (AvgIpc) is 3.41. The van der Waals surface area contributed by atoms with Gasteiger partial charge in [0, 0.05) is 49.2 Å². The predicted octanol–water partition coefficient (Wildman–Crippen LogP) is 2.02. The number of hydrogen-bond acceptors (Lipinski definition) is 6. The molecule has 1 atom stereocenters. The van der Waals surface area contributed by atoms with Crippen molar-refractivity contribution in [1.82, 2.24) is 15.4 Å². The van der Waals surface area contributed by atoms with Gasteiger partial charge in [0.25, 0.3) is 5.91 Å². The number of hydrazine groups is 1. The Morgan fingerprint density at radius 2 is 1.68 bits per heavy atom. The highest BCUT2D eigenvalue weighted by molar-refractivity contribution is 6.07. The van der Waals surface area contributed by atoms with Gasteiger partial charge in [-0.2, -0.15) is 0 Å². The topological polar surface area (TPSA) is 111 Å². The van der Waals surface area contributed by atoms with Crippen molar-refractivity contribution in [3.8, 4) is 17.2 Å². The quantitative estimate of drug-likeness (QED) is 0.538. The Hall–Kier alpha value is -4.21. The van der Waals surface area contributed by atoms with Crippen LogP contribution in [-0.2, 0) is 16.6 Å². The van der Waals surface area contributed by atoms with Crippen LogP contribution in [0.25, 0.3) is 10.9 Å². The van der Waals surface area contributed by atoms with Crippen LogP contribution in [0.1, 0.15) is 16.8 Å². The van der Waals surface area contributed by atoms with Crippen LogP contribution in [0, 0.1) is 5.92 Å². The molecule has 178 valence electrons. The lowest BCUT2D eigenvalue weighted by Gasteiger charge is -2.20. The van der Waals surface area contributed by atoms with Gasteiger partial charge < -0.3 is 23.7 Å². The first-order valence-corrected chi connectivity index (χ1v) is 10.6. The van der Waals surface area contributed by atoms with Gasteiger partial charge in [-0.25, -0.2) is 0 Å². The van der Waals surface area contributed by atoms with Crippen molar-refractivity contribution in [1.29, 1.82) is 0 Å². The maximum absolute atomic E-state index is 12.7. The Labute approximate surface area is 196 Å². The number of nitrogens with zero attached hydrogens (tertiary/aromatic N) is 2. The molecule has 1 aromatic heterocycles. The Bertz CT molecular complexity index is 1240. The van der Waals surface area contributed by atoms with Crippen LogP contribution in [-0.4, -0.2) is 50.2 Å². The summed E-state index contributed by atoms with van der Waals surface area (Å²) in [6, 6.07) is 10.8. The summed E-state index contributed by atoms with van der Waals surface area (Å²) in [7, 11) is 6.32. The minimum Gasteiger partial charge on any atom is -0.493 e. The number of rotatable bonds is 6. The highest BCUT2D eigenvalue weighted by Gasteiger charge is 2.36. The molecule has 0 bridgehead atoms. The molecule has 1 fully saturated rings. The van der Waals surface area contributed by atoms with E-state index < -0.39 is 17.7 Å². The lowest BCUT2D eigenvalue weighted by Crippen LogP contribution is -2.45. The Balaban J connectivity index is 1.45. The average molecular weight is 466 g/mol. The molecule has 34 heavy (non-hydrogen) atoms. The van der Waals surface area contributed by atoms with E-state index in [-0.39, 0.29) is 18.9 Å². The Morgan fingerprint density at radius 3 is 2.32 bits per heavy atom. The molecule has 2 heterocycles. The van der Waals surface area contributed by atoms with Gasteiger partial charge in [0.05, 0.1) is 38.5 Å². The van der Waals surface area contributed by atoms with Crippen molar-refractivity contribution >= 4 is 34.3 Å². The zero-order valence-corrected chi connectivity index (χ0v) is 19.4. The smallest absolute Gasteiger partial charge is 0.271 e. The molecule has 0 saturated carbocycles. The van der Waals surface area contributed by atoms with Crippen molar-refractivity contribution in [2.45, 2.75) is 6.42 Å². The third kappa shape index (κ3) is 4.09. The van der Waals surface area contributed by atoms with Crippen LogP contribution in [0.15, 0.2) is 42.6 Å². The van der Waals surface area contributed by atoms with Crippen molar-refractivity contribution in [3.63, 3.8) is 0 Å². The molecule has 1 unspecified atom stereocenters. The molecule has 0 spiro atoms. The molecule has 2 N–H and O–H groups in total. The van der Waals surface area contributed by atoms with Gasteiger partial charge >= 0.3 is 0 Å². The maximum atomic E-state index is 12.7. The van der Waals surface area contributed by atoms with Gasteiger partial charge in [-0.05, 0) is 6.07 Å². The Kier molecular flexibility index (Phi) is 6.31. The fraction of sp³-hybridized carbons (Fsp3) is 0.292. The molecule has 1 aliphatic heterocycles. The van der Waals surface area contributed by atoms with Gasteiger partial charge in [-0.15, -0.1) is 0 Å². The van der Waals surface area contributed by atoms with Gasteiger partial charge in [0.1, 0.15) is 0 Å². The lowest BCUT2D eigenvalue weighted by atomic mass is 10.1. The molecule has 3 aromatic rings. The third-order valence-corrected chi connectivity index (χ3v) is 5.90. The standard InChI is InChI=1S/C24H26N4O6/c1-27-13-17(16-7-5-6-8-18(16)27)24(31)26-25-23(30)14-9-21(29)28(12-14)15-10-19(32-2)22(34-4)20(11-15)33-3/h5-8,10-11,13-14H,9,12H2,1-4H3,(H,25,30)(H,26,31). The molecule has 10 nitrogen and oxygen atoms in total. The number of benzene rings is 2. The molecule has 3 amide bonds. The van der Waals surface area contributed by atoms with Crippen LogP contribution >= 0.6 is 0 Å². The highest BCUT2D eigenvalue weighted by atomic mass is 16.5. The van der Waals surface area contributed by atoms with E-state index in [1.54, 1.807) is 18.3 Å². The van der Waals surface area contributed by atoms with Crippen LogP contribution in [0.4, 0.5) is 5.69 Å². The number of nitrogens with one attached hydrogen (secondary N) is 2. The second-order valence-electron chi connectivity index (χ2n) is 7.90. The van der Waals surface area contributed by atoms with Crippen LogP contribution < -0.4 is 30.0 Å². The number of aromatic nitrogens is 1. The number of carbonyl (C=O) groups is 3. The number of para-hydroxylation sites is 1. The minimum atomic E-state index is -0.639. The van der Waals surface area contributed by atoms with E-state index in [1.165, 1.54) is 26.2 Å². The van der Waals surface area contributed by atoms with Crippen LogP contribution in [0.5, 0.6) is 17.2 Å². The number of methoxy groups -OCH3 is 3. The van der Waals surface area contributed by atoms with Crippen molar-refractivity contribution in [2.75, 3.05) is 32.8 Å². The largest absolute Gasteiger partial charge is 0.493 e. The molecular formula is C24H26N4O6. The molecule has 0 aliphatic carbocycles. The summed E-state index contributed by atoms with van der Waals surface area (Å²) in [4.78, 5) is 39.6. The minimum absolute atomic E-state index is 0.00658. The van der Waals surface area contributed by atoms with Crippen molar-refractivity contribution < 1.29 is 28.6 Å². The van der Waals surface area contributed by atoms with E-state index >= 15 is 0 Å². The lowest BCUT2D eigenvalue weighted by molar-refractivity contribution is -0.126. The fourth-order valence-electron chi connectivity index (χ4n) is 4.17. The first-order valence-electron chi connectivity index (χ1n) is 10.6. The van der Waals surface area contributed by atoms with Crippen LogP contribution in [0.2, 0.25) is 0 Å². The van der Waals surface area contributed by atoms with E-state index in [4.69, 9.17) is 14.2 Å². The molecule has 1 saturated heterocycles. The van der Waals surface area contributed by atoms with E-state index in [0.29, 0.717) is 28.5 Å². The van der Waals surface area contributed by atoms with Gasteiger partial charge in [0.2, 0.25) is 17.6 Å². The number of hydrogen-bond donors (Lipinski definition) is 2. The summed E-state index contributed by atoms with van der Waals surface area (Å²) in [5, 5.41) is 0.779. The second-order valence-corrected chi connectivity index (χ2v) is 7.90. The van der Waals surface area contributed by atoms with E-state index in [9.17, 15) is 14.4 Å². The molecule has 0 radical (unpaired) electrons. The Morgan fingerprint density at radius 1 is 1.00 bits per heavy atom. The molecule has 4 rings (SSSR count). The zero-order chi connectivity index (χ0) is 24.4. The second kappa shape index (κ2) is 9.34. The highest BCUT2D eigenvalue weighted by Crippen LogP contribution is 2.42. The number of carbonyl (C=O) groups excluding carboxylic acids is 3. The molecular weight excluding hydrogens is 440 g/mol. The fourth-order valence-corrected chi connectivity index (χ4v) is 4.17. The third-order valence-electron chi connectivity index (χ3n) is 5.90. The summed E-state index contributed by atoms with van der Waals surface area (Å²) in [5.41, 5.74) is 6.79. The first-order chi connectivity index (χ1) is 16.4. The van der Waals surface area contributed by atoms with Gasteiger partial charge in [-0.3, -0.25) is 25.2 Å². The summed E-state index contributed by atoms with van der Waals surface area (Å²) in [5.74, 6) is -0.535.